The number of aromatic amines is 1. The van der Waals surface area contributed by atoms with Crippen molar-refractivity contribution in [3.8, 4) is 0 Å². The van der Waals surface area contributed by atoms with Crippen LogP contribution in [0.3, 0.4) is 0 Å². The van der Waals surface area contributed by atoms with Crippen molar-refractivity contribution in [1.29, 1.82) is 0 Å². The molecule has 0 radical (unpaired) electrons. The summed E-state index contributed by atoms with van der Waals surface area (Å²) in [5.74, 6) is 0.484. The molecule has 0 spiro atoms. The molecule has 0 saturated carbocycles. The molecular formula is C19H26N11O8PS2. The number of nitrogens with one attached hydrogen (secondary N) is 1. The van der Waals surface area contributed by atoms with Crippen LogP contribution in [0.2, 0.25) is 0 Å². The Morgan fingerprint density at radius 1 is 1.34 bits per heavy atom. The summed E-state index contributed by atoms with van der Waals surface area (Å²) in [5, 5.41) is 43.2. The number of hydrogen-bond donors (Lipinski definition) is 7. The summed E-state index contributed by atoms with van der Waals surface area (Å²) >= 11 is 6.28. The molecule has 9 atom stereocenters. The van der Waals surface area contributed by atoms with Gasteiger partial charge in [-0.05, 0) is 11.8 Å². The highest BCUT2D eigenvalue weighted by Crippen LogP contribution is 2.53. The van der Waals surface area contributed by atoms with E-state index in [1.807, 2.05) is 0 Å². The fourth-order valence-corrected chi connectivity index (χ4v) is 7.92. The van der Waals surface area contributed by atoms with Crippen LogP contribution in [0.4, 0.5) is 5.95 Å². The predicted octanol–water partition coefficient (Wildman–Crippen LogP) is -3.40. The third-order valence-corrected chi connectivity index (χ3v) is 10.1. The van der Waals surface area contributed by atoms with E-state index in [4.69, 9.17) is 37.1 Å². The molecule has 9 N–H and O–H groups in total. The Kier molecular flexibility index (Phi) is 7.59. The number of nitrogens with zero attached hydrogens (tertiary/aromatic N) is 8. The van der Waals surface area contributed by atoms with Gasteiger partial charge in [-0.15, -0.1) is 16.9 Å². The summed E-state index contributed by atoms with van der Waals surface area (Å²) < 4.78 is 18.5. The van der Waals surface area contributed by atoms with Crippen molar-refractivity contribution in [2.24, 2.45) is 20.8 Å². The molecule has 2 unspecified atom stereocenters. The summed E-state index contributed by atoms with van der Waals surface area (Å²) in [6.45, 7) is -4.48. The molecular weight excluding hydrogens is 605 g/mol. The molecule has 6 rings (SSSR count). The van der Waals surface area contributed by atoms with Crippen LogP contribution >= 0.6 is 18.5 Å². The Morgan fingerprint density at radius 3 is 2.93 bits per heavy atom. The zero-order valence-corrected chi connectivity index (χ0v) is 23.5. The van der Waals surface area contributed by atoms with Crippen molar-refractivity contribution in [3.63, 3.8) is 0 Å². The Bertz CT molecular complexity index is 1540. The van der Waals surface area contributed by atoms with Crippen LogP contribution in [0, 0.1) is 0 Å². The summed E-state index contributed by atoms with van der Waals surface area (Å²) in [7, 11) is 0. The zero-order valence-electron chi connectivity index (χ0n) is 20.9. The van der Waals surface area contributed by atoms with Gasteiger partial charge in [-0.3, -0.25) is 19.3 Å². The molecule has 0 amide bonds. The summed E-state index contributed by atoms with van der Waals surface area (Å²) in [5.41, 5.74) is 10.8. The van der Waals surface area contributed by atoms with Crippen LogP contribution in [-0.2, 0) is 25.6 Å². The first kappa shape index (κ1) is 28.5. The average molecular weight is 632 g/mol. The van der Waals surface area contributed by atoms with Crippen LogP contribution in [-0.4, -0.2) is 130 Å². The molecule has 0 aliphatic carbocycles. The van der Waals surface area contributed by atoms with Gasteiger partial charge in [0.05, 0.1) is 43.3 Å². The number of nitrogen functional groups attached to an aromatic ring is 1. The lowest BCUT2D eigenvalue weighted by atomic mass is 10.1. The maximum absolute atomic E-state index is 12.2. The van der Waals surface area contributed by atoms with Crippen LogP contribution in [0.15, 0.2) is 19.9 Å². The lowest BCUT2D eigenvalue weighted by molar-refractivity contribution is -0.0405. The normalized spacial score (nSPS) is 34.6. The fourth-order valence-electron chi connectivity index (χ4n) is 5.02. The SMILES string of the molecule is NC1=NC=NN2C1=NCC2[C@@H]1C[C@H](O)[C@@H](COP(O)(=S)O[C@@H]2[C@H](O)[C@@H](CO)S[C@H]2n2nnc3c(=O)[nH]c(N)nc32)O1. The van der Waals surface area contributed by atoms with E-state index in [1.54, 1.807) is 5.01 Å². The number of nitrogens with two attached hydrogens (primary N) is 2. The fraction of sp³-hybridized carbons (Fsp3) is 0.632. The van der Waals surface area contributed by atoms with Crippen LogP contribution in [0.25, 0.3) is 11.2 Å². The first-order chi connectivity index (χ1) is 19.6. The summed E-state index contributed by atoms with van der Waals surface area (Å²) in [6, 6.07) is -0.322. The second-order valence-corrected chi connectivity index (χ2v) is 13.7. The van der Waals surface area contributed by atoms with E-state index in [9.17, 15) is 25.0 Å². The summed E-state index contributed by atoms with van der Waals surface area (Å²) in [6.07, 6.45) is -3.30. The number of aliphatic hydroxyl groups excluding tert-OH is 3. The number of fused-ring (bicyclic) bond motifs is 2. The topological polar surface area (TPSA) is 277 Å². The lowest BCUT2D eigenvalue weighted by Crippen LogP contribution is -2.46. The Balaban J connectivity index is 1.13. The minimum Gasteiger partial charge on any atom is -0.395 e. The molecule has 222 valence electrons. The van der Waals surface area contributed by atoms with E-state index in [0.29, 0.717) is 12.4 Å². The molecule has 4 aliphatic rings. The van der Waals surface area contributed by atoms with Crippen molar-refractivity contribution < 1.29 is 34.0 Å². The minimum atomic E-state index is -4.07. The van der Waals surface area contributed by atoms with Crippen molar-refractivity contribution in [3.05, 3.63) is 10.4 Å². The highest BCUT2D eigenvalue weighted by Gasteiger charge is 2.49. The largest absolute Gasteiger partial charge is 0.395 e. The number of aromatic nitrogens is 5. The number of ether oxygens (including phenoxy) is 1. The van der Waals surface area contributed by atoms with Gasteiger partial charge in [0, 0.05) is 6.42 Å². The zero-order chi connectivity index (χ0) is 29.1. The Hall–Kier alpha value is -2.59. The van der Waals surface area contributed by atoms with E-state index >= 15 is 0 Å². The molecule has 2 saturated heterocycles. The number of hydrazone groups is 1. The van der Waals surface area contributed by atoms with Gasteiger partial charge in [0.2, 0.25) is 5.95 Å². The standard InChI is InChI=1S/C19H26N11O8PS2/c20-14-16-22-2-6(29(16)24-5-23-14)8-1-7(32)9(37-8)4-36-39(35,40)38-13-12(33)10(3-31)41-18(13)30-15-11(27-28-30)17(34)26-19(21)25-15/h5-10,12-13,18,31-33H,1-4H2,(H,35,40)(H2,20,23,24)(H3,21,25,26,34)/t6?,7-,8-,9+,10+,12+,13+,18+,39?/m0/s1. The number of aliphatic imine (C=N–C) groups is 2. The molecule has 0 aromatic carbocycles. The van der Waals surface area contributed by atoms with Gasteiger partial charge >= 0.3 is 6.72 Å². The molecule has 2 fully saturated rings. The monoisotopic (exact) mass is 631 g/mol. The Labute approximate surface area is 239 Å². The van der Waals surface area contributed by atoms with Gasteiger partial charge in [-0.2, -0.15) is 10.1 Å². The minimum absolute atomic E-state index is 0.00828. The van der Waals surface area contributed by atoms with Gasteiger partial charge in [0.1, 0.15) is 30.0 Å². The molecule has 2 aromatic rings. The summed E-state index contributed by atoms with van der Waals surface area (Å²) in [4.78, 5) is 37.8. The number of thioether (sulfide) groups is 1. The maximum atomic E-state index is 12.2. The maximum Gasteiger partial charge on any atom is 0.325 e. The number of hydrogen-bond acceptors (Lipinski definition) is 18. The van der Waals surface area contributed by atoms with Gasteiger partial charge < -0.3 is 40.9 Å². The molecule has 19 nitrogen and oxygen atoms in total. The second-order valence-electron chi connectivity index (χ2n) is 9.57. The van der Waals surface area contributed by atoms with Crippen molar-refractivity contribution >= 4 is 65.4 Å². The van der Waals surface area contributed by atoms with Crippen LogP contribution < -0.4 is 17.0 Å². The molecule has 22 heteroatoms. The molecule has 2 aromatic heterocycles. The molecule has 0 bridgehead atoms. The van der Waals surface area contributed by atoms with Gasteiger partial charge in [0.25, 0.3) is 5.56 Å². The molecule has 41 heavy (non-hydrogen) atoms. The molecule has 6 heterocycles. The van der Waals surface area contributed by atoms with E-state index in [2.05, 4.69) is 35.4 Å². The van der Waals surface area contributed by atoms with E-state index in [0.717, 1.165) is 11.8 Å². The van der Waals surface area contributed by atoms with Crippen molar-refractivity contribution in [2.75, 3.05) is 25.5 Å². The van der Waals surface area contributed by atoms with E-state index in [1.165, 1.54) is 11.0 Å². The number of anilines is 1. The number of amidine groups is 2. The van der Waals surface area contributed by atoms with E-state index < -0.39 is 60.0 Å². The van der Waals surface area contributed by atoms with Crippen LogP contribution in [0.5, 0.6) is 0 Å². The number of rotatable bonds is 8. The van der Waals surface area contributed by atoms with Crippen LogP contribution in [0.1, 0.15) is 11.8 Å². The third kappa shape index (κ3) is 5.26. The Morgan fingerprint density at radius 2 is 2.15 bits per heavy atom. The highest BCUT2D eigenvalue weighted by atomic mass is 32.5. The predicted molar refractivity (Wildman–Crippen MR) is 149 cm³/mol. The first-order valence-electron chi connectivity index (χ1n) is 12.3. The van der Waals surface area contributed by atoms with Gasteiger partial charge in [-0.1, -0.05) is 5.21 Å². The number of H-pyrrole nitrogens is 1. The van der Waals surface area contributed by atoms with E-state index in [-0.39, 0.29) is 42.0 Å². The number of aliphatic hydroxyl groups is 3. The highest BCUT2D eigenvalue weighted by molar-refractivity contribution is 8.07. The lowest BCUT2D eigenvalue weighted by Gasteiger charge is -2.28. The molecule has 4 aliphatic heterocycles. The third-order valence-electron chi connectivity index (χ3n) is 6.99. The van der Waals surface area contributed by atoms with Crippen molar-refractivity contribution in [1.82, 2.24) is 30.0 Å². The quantitative estimate of drug-likeness (QED) is 0.140. The van der Waals surface area contributed by atoms with Gasteiger partial charge in [-0.25, -0.2) is 14.7 Å². The van der Waals surface area contributed by atoms with Crippen molar-refractivity contribution in [2.45, 2.75) is 53.6 Å². The first-order valence-corrected chi connectivity index (χ1v) is 15.8. The smallest absolute Gasteiger partial charge is 0.325 e. The van der Waals surface area contributed by atoms with Gasteiger partial charge in [0.15, 0.2) is 22.8 Å². The average Bonchev–Trinajstić information content (AvgIpc) is 3.69. The second kappa shape index (κ2) is 10.9.